The van der Waals surface area contributed by atoms with E-state index in [1.165, 1.54) is 33.1 Å². The minimum absolute atomic E-state index is 0.0649. The van der Waals surface area contributed by atoms with Gasteiger partial charge in [-0.05, 0) is 38.6 Å². The van der Waals surface area contributed by atoms with Gasteiger partial charge < -0.3 is 10.4 Å². The number of amides is 2. The number of carbonyl (C=O) groups excluding carboxylic acids is 2. The van der Waals surface area contributed by atoms with E-state index in [4.69, 9.17) is 0 Å². The van der Waals surface area contributed by atoms with Gasteiger partial charge >= 0.3 is 5.97 Å². The number of aliphatic carboxylic acids is 1. The molecule has 0 aliphatic carbocycles. The fourth-order valence-electron chi connectivity index (χ4n) is 3.55. The molecule has 2 aliphatic heterocycles. The van der Waals surface area contributed by atoms with E-state index in [2.05, 4.69) is 41.5 Å². The number of hydrogen-bond donors (Lipinski definition) is 3. The number of hydrogen-bond acceptors (Lipinski definition) is 11. The molecule has 0 spiro atoms. The summed E-state index contributed by atoms with van der Waals surface area (Å²) in [5.41, 5.74) is 0.931. The normalized spacial score (nSPS) is 19.5. The molecule has 0 radical (unpaired) electrons. The molecular weight excluding hydrogens is 484 g/mol. The number of β-lactam (4-membered cyclic amide) rings is 1. The Labute approximate surface area is 199 Å². The molecule has 1 fully saturated rings. The van der Waals surface area contributed by atoms with Crippen molar-refractivity contribution < 1.29 is 19.5 Å². The van der Waals surface area contributed by atoms with Gasteiger partial charge in [-0.1, -0.05) is 30.0 Å². The van der Waals surface area contributed by atoms with E-state index in [0.717, 1.165) is 0 Å². The van der Waals surface area contributed by atoms with Crippen LogP contribution in [0, 0.1) is 0 Å². The molecule has 0 saturated carbocycles. The standard InChI is InChI=1S/C18H16N10O4S2/c29-14(9-4-2-1-3-5-9)19-12-15(30)28-13(17(31)32)10(7-33-16(12)28)8-34-18-22-25-26-27(18)6-11-20-23-24-21-11/h1-5,12,16H,6-8H2,(H,19,29)(H,31,32)(H,20,21,23,24)/t12-,16-/m1/s1. The number of thioether (sulfide) groups is 2. The maximum Gasteiger partial charge on any atom is 0.352 e. The highest BCUT2D eigenvalue weighted by Gasteiger charge is 2.54. The largest absolute Gasteiger partial charge is 0.477 e. The molecule has 34 heavy (non-hydrogen) atoms. The fraction of sp³-hybridized carbons (Fsp3) is 0.278. The van der Waals surface area contributed by atoms with Gasteiger partial charge in [-0.25, -0.2) is 14.6 Å². The Kier molecular flexibility index (Phi) is 5.97. The third-order valence-corrected chi connectivity index (χ3v) is 7.52. The molecule has 2 amide bonds. The highest BCUT2D eigenvalue weighted by atomic mass is 32.2. The van der Waals surface area contributed by atoms with Crippen molar-refractivity contribution in [2.24, 2.45) is 0 Å². The predicted octanol–water partition coefficient (Wildman–Crippen LogP) is -0.621. The van der Waals surface area contributed by atoms with Gasteiger partial charge in [0.05, 0.1) is 0 Å². The molecule has 3 N–H and O–H groups in total. The molecule has 5 rings (SSSR count). The Morgan fingerprint density at radius 3 is 2.79 bits per heavy atom. The lowest BCUT2D eigenvalue weighted by atomic mass is 10.0. The molecular formula is C18H16N10O4S2. The van der Waals surface area contributed by atoms with Crippen molar-refractivity contribution >= 4 is 41.3 Å². The van der Waals surface area contributed by atoms with E-state index < -0.39 is 23.3 Å². The van der Waals surface area contributed by atoms with E-state index in [1.807, 2.05) is 0 Å². The lowest BCUT2D eigenvalue weighted by Gasteiger charge is -2.49. The second-order valence-electron chi connectivity index (χ2n) is 7.24. The zero-order chi connectivity index (χ0) is 23.7. The first-order valence-corrected chi connectivity index (χ1v) is 11.9. The molecule has 4 heterocycles. The highest BCUT2D eigenvalue weighted by molar-refractivity contribution is 8.01. The van der Waals surface area contributed by atoms with E-state index in [0.29, 0.717) is 27.9 Å². The van der Waals surface area contributed by atoms with Crippen LogP contribution in [0.2, 0.25) is 0 Å². The quantitative estimate of drug-likeness (QED) is 0.263. The van der Waals surface area contributed by atoms with Gasteiger partial charge in [-0.15, -0.1) is 22.0 Å². The van der Waals surface area contributed by atoms with Crippen LogP contribution < -0.4 is 5.32 Å². The molecule has 1 aromatic carbocycles. The minimum Gasteiger partial charge on any atom is -0.477 e. The topological polar surface area (TPSA) is 185 Å². The van der Waals surface area contributed by atoms with Crippen LogP contribution in [0.25, 0.3) is 0 Å². The predicted molar refractivity (Wildman–Crippen MR) is 117 cm³/mol. The van der Waals surface area contributed by atoms with E-state index in [9.17, 15) is 19.5 Å². The molecule has 14 nitrogen and oxygen atoms in total. The zero-order valence-corrected chi connectivity index (χ0v) is 18.9. The maximum absolute atomic E-state index is 12.8. The Balaban J connectivity index is 1.28. The summed E-state index contributed by atoms with van der Waals surface area (Å²) < 4.78 is 1.48. The van der Waals surface area contributed by atoms with Crippen molar-refractivity contribution in [2.75, 3.05) is 11.5 Å². The first-order chi connectivity index (χ1) is 16.5. The lowest BCUT2D eigenvalue weighted by Crippen LogP contribution is -2.70. The molecule has 2 aliphatic rings. The molecule has 3 aromatic rings. The van der Waals surface area contributed by atoms with Gasteiger partial charge in [0, 0.05) is 17.1 Å². The van der Waals surface area contributed by atoms with Crippen LogP contribution in [0.1, 0.15) is 16.2 Å². The average Bonchev–Trinajstić information content (AvgIpc) is 3.53. The lowest BCUT2D eigenvalue weighted by molar-refractivity contribution is -0.148. The highest BCUT2D eigenvalue weighted by Crippen LogP contribution is 2.41. The van der Waals surface area contributed by atoms with Crippen molar-refractivity contribution in [3.05, 3.63) is 53.0 Å². The van der Waals surface area contributed by atoms with Crippen LogP contribution in [0.5, 0.6) is 0 Å². The summed E-state index contributed by atoms with van der Waals surface area (Å²) in [7, 11) is 0. The van der Waals surface area contributed by atoms with Crippen molar-refractivity contribution in [1.82, 2.24) is 51.0 Å². The first-order valence-electron chi connectivity index (χ1n) is 9.90. The average molecular weight is 501 g/mol. The molecule has 0 bridgehead atoms. The summed E-state index contributed by atoms with van der Waals surface area (Å²) in [5.74, 6) is -0.922. The Bertz CT molecular complexity index is 1260. The Morgan fingerprint density at radius 2 is 2.06 bits per heavy atom. The Morgan fingerprint density at radius 1 is 1.24 bits per heavy atom. The van der Waals surface area contributed by atoms with Crippen molar-refractivity contribution in [1.29, 1.82) is 0 Å². The number of rotatable bonds is 8. The van der Waals surface area contributed by atoms with Crippen molar-refractivity contribution in [2.45, 2.75) is 23.1 Å². The number of aromatic nitrogens is 8. The number of benzene rings is 1. The minimum atomic E-state index is -1.20. The maximum atomic E-state index is 12.8. The summed E-state index contributed by atoms with van der Waals surface area (Å²) in [4.78, 5) is 38.6. The summed E-state index contributed by atoms with van der Waals surface area (Å²) in [6.07, 6.45) is 0. The summed E-state index contributed by atoms with van der Waals surface area (Å²) >= 11 is 2.64. The van der Waals surface area contributed by atoms with Crippen LogP contribution in [0.3, 0.4) is 0 Å². The van der Waals surface area contributed by atoms with E-state index >= 15 is 0 Å². The van der Waals surface area contributed by atoms with Gasteiger partial charge in [0.25, 0.3) is 11.8 Å². The monoisotopic (exact) mass is 500 g/mol. The van der Waals surface area contributed by atoms with E-state index in [1.54, 1.807) is 30.3 Å². The van der Waals surface area contributed by atoms with Crippen molar-refractivity contribution in [3.8, 4) is 0 Å². The number of carboxylic acid groups (broad SMARTS) is 1. The molecule has 2 atom stereocenters. The van der Waals surface area contributed by atoms with Crippen molar-refractivity contribution in [3.63, 3.8) is 0 Å². The van der Waals surface area contributed by atoms with E-state index in [-0.39, 0.29) is 23.9 Å². The first kappa shape index (κ1) is 22.0. The van der Waals surface area contributed by atoms with Gasteiger partial charge in [-0.3, -0.25) is 14.5 Å². The fourth-order valence-corrected chi connectivity index (χ4v) is 5.91. The van der Waals surface area contributed by atoms with Crippen LogP contribution in [-0.2, 0) is 16.1 Å². The number of tetrazole rings is 2. The molecule has 16 heteroatoms. The number of carbonyl (C=O) groups is 3. The number of nitrogens with one attached hydrogen (secondary N) is 2. The van der Waals surface area contributed by atoms with Crippen LogP contribution in [0.15, 0.2) is 46.8 Å². The molecule has 0 unspecified atom stereocenters. The third-order valence-electron chi connectivity index (χ3n) is 5.14. The molecule has 174 valence electrons. The zero-order valence-electron chi connectivity index (χ0n) is 17.2. The summed E-state index contributed by atoms with van der Waals surface area (Å²) in [6, 6.07) is 7.75. The number of H-pyrrole nitrogens is 1. The molecule has 1 saturated heterocycles. The van der Waals surface area contributed by atoms with Gasteiger partial charge in [0.1, 0.15) is 23.7 Å². The number of carboxylic acids is 1. The van der Waals surface area contributed by atoms with Crippen LogP contribution in [-0.4, -0.2) is 91.5 Å². The second-order valence-corrected chi connectivity index (χ2v) is 9.29. The third kappa shape index (κ3) is 4.12. The van der Waals surface area contributed by atoms with Crippen LogP contribution in [0.4, 0.5) is 0 Å². The van der Waals surface area contributed by atoms with Gasteiger partial charge in [0.15, 0.2) is 5.82 Å². The number of nitrogens with zero attached hydrogens (tertiary/aromatic N) is 8. The smallest absolute Gasteiger partial charge is 0.352 e. The summed E-state index contributed by atoms with van der Waals surface area (Å²) in [6.45, 7) is 0.220. The van der Waals surface area contributed by atoms with Crippen LogP contribution >= 0.6 is 23.5 Å². The summed E-state index contributed by atoms with van der Waals surface area (Å²) in [5, 5.41) is 37.5. The SMILES string of the molecule is O=C(O)C1=C(CSc2nnnn2Cc2nnn[nH]2)CS[C@@H]2[C@H](NC(=O)c3ccccc3)C(=O)N12. The number of aromatic amines is 1. The number of fused-ring (bicyclic) bond motifs is 1. The Hall–Kier alpha value is -3.79. The second kappa shape index (κ2) is 9.22. The van der Waals surface area contributed by atoms with Gasteiger partial charge in [-0.2, -0.15) is 0 Å². The molecule has 2 aromatic heterocycles. The van der Waals surface area contributed by atoms with Gasteiger partial charge in [0.2, 0.25) is 5.16 Å².